The number of anilines is 1. The monoisotopic (exact) mass is 532 g/mol. The second kappa shape index (κ2) is 12.8. The van der Waals surface area contributed by atoms with Gasteiger partial charge < -0.3 is 0 Å². The largest absolute Gasteiger partial charge is 0.271 e. The second-order valence-corrected chi connectivity index (χ2v) is 9.66. The van der Waals surface area contributed by atoms with Crippen LogP contribution < -0.4 is 4.90 Å². The molecular weight excluding hydrogens is 509 g/mol. The lowest BCUT2D eigenvalue weighted by molar-refractivity contribution is 1.25. The lowest BCUT2D eigenvalue weighted by atomic mass is 10.2. The van der Waals surface area contributed by atoms with Gasteiger partial charge in [-0.1, -0.05) is 96.7 Å². The molecule has 6 nitrogen and oxygen atoms in total. The summed E-state index contributed by atoms with van der Waals surface area (Å²) in [5.74, 6) is 0.697. The molecule has 4 aromatic rings. The molecule has 8 heteroatoms. The van der Waals surface area contributed by atoms with Crippen LogP contribution in [0.1, 0.15) is 5.56 Å². The van der Waals surface area contributed by atoms with Crippen LogP contribution in [0.2, 0.25) is 0 Å². The lowest BCUT2D eigenvalue weighted by Crippen LogP contribution is -2.31. The van der Waals surface area contributed by atoms with Gasteiger partial charge in [-0.15, -0.1) is 5.10 Å². The van der Waals surface area contributed by atoms with Crippen molar-refractivity contribution in [2.75, 3.05) is 11.2 Å². The first-order valence-electron chi connectivity index (χ1n) is 11.9. The van der Waals surface area contributed by atoms with Crippen LogP contribution in [-0.2, 0) is 0 Å². The molecule has 38 heavy (non-hydrogen) atoms. The third-order valence-corrected chi connectivity index (χ3v) is 6.76. The number of hydrogen-bond donors (Lipinski definition) is 0. The molecule has 0 aromatic heterocycles. The number of aliphatic imine (C=N–C) groups is 3. The van der Waals surface area contributed by atoms with Crippen LogP contribution in [0.25, 0.3) is 0 Å². The van der Waals surface area contributed by atoms with Crippen LogP contribution in [0, 0.1) is 0 Å². The van der Waals surface area contributed by atoms with E-state index < -0.39 is 0 Å². The Morgan fingerprint density at radius 2 is 1.26 bits per heavy atom. The van der Waals surface area contributed by atoms with Crippen LogP contribution in [-0.4, -0.2) is 33.7 Å². The van der Waals surface area contributed by atoms with E-state index in [9.17, 15) is 0 Å². The van der Waals surface area contributed by atoms with Crippen LogP contribution in [0.3, 0.4) is 0 Å². The maximum Gasteiger partial charge on any atom is 0.211 e. The van der Waals surface area contributed by atoms with Crippen molar-refractivity contribution in [2.45, 2.75) is 0 Å². The first kappa shape index (κ1) is 25.4. The summed E-state index contributed by atoms with van der Waals surface area (Å²) in [5, 5.41) is 10.6. The van der Waals surface area contributed by atoms with Crippen molar-refractivity contribution in [2.24, 2.45) is 25.2 Å². The summed E-state index contributed by atoms with van der Waals surface area (Å²) in [5.41, 5.74) is 3.58. The van der Waals surface area contributed by atoms with E-state index in [2.05, 4.69) is 10.2 Å². The highest BCUT2D eigenvalue weighted by molar-refractivity contribution is 8.29. The standard InChI is InChI=1S/C30H24N6S2/c1-37-29(35-31-22-23-14-6-2-7-15-23)34-30-36(26-20-12-5-13-21-26)27(32-24-16-8-3-9-17-24)28(38-30)33-25-18-10-4-11-19-25/h2-22H,1H3/b31-22+,32-27?,33-28?,34-30-,35-29-. The van der Waals surface area contributed by atoms with Gasteiger partial charge in [0.1, 0.15) is 5.04 Å². The van der Waals surface area contributed by atoms with Gasteiger partial charge in [-0.2, -0.15) is 10.1 Å². The number of para-hydroxylation sites is 3. The van der Waals surface area contributed by atoms with Crippen LogP contribution >= 0.6 is 23.5 Å². The Labute approximate surface area is 230 Å². The molecule has 0 amide bonds. The van der Waals surface area contributed by atoms with Crippen molar-refractivity contribution in [3.05, 3.63) is 127 Å². The topological polar surface area (TPSA) is 65.0 Å². The van der Waals surface area contributed by atoms with Crippen molar-refractivity contribution < 1.29 is 0 Å². The van der Waals surface area contributed by atoms with Crippen molar-refractivity contribution in [3.63, 3.8) is 0 Å². The molecule has 0 atom stereocenters. The molecule has 1 aliphatic rings. The summed E-state index contributed by atoms with van der Waals surface area (Å²) < 4.78 is 0. The summed E-state index contributed by atoms with van der Waals surface area (Å²) >= 11 is 2.89. The fraction of sp³-hybridized carbons (Fsp3) is 0.0333. The molecule has 0 bridgehead atoms. The third kappa shape index (κ3) is 6.53. The van der Waals surface area contributed by atoms with E-state index in [4.69, 9.17) is 15.0 Å². The molecule has 1 aliphatic heterocycles. The van der Waals surface area contributed by atoms with Crippen molar-refractivity contribution in [1.29, 1.82) is 0 Å². The number of rotatable bonds is 5. The summed E-state index contributed by atoms with van der Waals surface area (Å²) in [7, 11) is 0. The maximum atomic E-state index is 5.01. The molecule has 0 radical (unpaired) electrons. The summed E-state index contributed by atoms with van der Waals surface area (Å²) in [4.78, 5) is 16.9. The smallest absolute Gasteiger partial charge is 0.211 e. The van der Waals surface area contributed by atoms with Crippen LogP contribution in [0.4, 0.5) is 17.1 Å². The third-order valence-electron chi connectivity index (χ3n) is 5.30. The van der Waals surface area contributed by atoms with E-state index >= 15 is 0 Å². The number of nitrogens with zero attached hydrogens (tertiary/aromatic N) is 6. The molecule has 0 spiro atoms. The average Bonchev–Trinajstić information content (AvgIpc) is 3.30. The zero-order chi connectivity index (χ0) is 26.0. The minimum Gasteiger partial charge on any atom is -0.271 e. The van der Waals surface area contributed by atoms with Gasteiger partial charge in [-0.25, -0.2) is 9.98 Å². The molecule has 0 unspecified atom stereocenters. The normalized spacial score (nSPS) is 17.2. The first-order chi connectivity index (χ1) is 18.8. The molecule has 0 saturated carbocycles. The van der Waals surface area contributed by atoms with E-state index in [1.54, 1.807) is 6.21 Å². The Morgan fingerprint density at radius 1 is 0.711 bits per heavy atom. The minimum absolute atomic E-state index is 0.528. The van der Waals surface area contributed by atoms with E-state index in [0.717, 1.165) is 27.7 Å². The fourth-order valence-electron chi connectivity index (χ4n) is 3.54. The molecule has 1 saturated heterocycles. The quantitative estimate of drug-likeness (QED) is 0.150. The zero-order valence-corrected chi connectivity index (χ0v) is 22.3. The maximum absolute atomic E-state index is 5.01. The van der Waals surface area contributed by atoms with Gasteiger partial charge >= 0.3 is 0 Å². The second-order valence-electron chi connectivity index (χ2n) is 7.93. The molecule has 0 N–H and O–H groups in total. The first-order valence-corrected chi connectivity index (χ1v) is 13.9. The highest BCUT2D eigenvalue weighted by Gasteiger charge is 2.35. The summed E-state index contributed by atoms with van der Waals surface area (Å²) in [6, 6.07) is 39.7. The average molecular weight is 533 g/mol. The van der Waals surface area contributed by atoms with Crippen LogP contribution in [0.15, 0.2) is 147 Å². The lowest BCUT2D eigenvalue weighted by Gasteiger charge is -2.18. The van der Waals surface area contributed by atoms with E-state index in [0.29, 0.717) is 16.2 Å². The molecule has 186 valence electrons. The fourth-order valence-corrected chi connectivity index (χ4v) is 4.87. The molecule has 0 aliphatic carbocycles. The van der Waals surface area contributed by atoms with Gasteiger partial charge in [0.25, 0.3) is 0 Å². The Morgan fingerprint density at radius 3 is 1.87 bits per heavy atom. The molecule has 1 fully saturated rings. The predicted molar refractivity (Wildman–Crippen MR) is 166 cm³/mol. The number of hydrogen-bond acceptors (Lipinski definition) is 6. The summed E-state index contributed by atoms with van der Waals surface area (Å²) in [6.45, 7) is 0. The number of benzene rings is 4. The van der Waals surface area contributed by atoms with E-state index in [1.165, 1.54) is 23.5 Å². The van der Waals surface area contributed by atoms with E-state index in [1.807, 2.05) is 132 Å². The predicted octanol–water partition coefficient (Wildman–Crippen LogP) is 7.81. The Bertz CT molecular complexity index is 1500. The van der Waals surface area contributed by atoms with Crippen molar-refractivity contribution in [1.82, 2.24) is 0 Å². The van der Waals surface area contributed by atoms with Gasteiger partial charge in [0.15, 0.2) is 11.0 Å². The SMILES string of the molecule is CSC(=N\N=C\c1ccccc1)/N=C1\SC(=Nc2ccccc2)C(=Nc2ccccc2)N1c1ccccc1. The molecule has 5 rings (SSSR count). The Hall–Kier alpha value is -4.27. The van der Waals surface area contributed by atoms with Gasteiger partial charge in [0.2, 0.25) is 5.17 Å². The number of thioether (sulfide) groups is 2. The summed E-state index contributed by atoms with van der Waals surface area (Å²) in [6.07, 6.45) is 3.66. The molecule has 4 aromatic carbocycles. The van der Waals surface area contributed by atoms with Crippen LogP contribution in [0.5, 0.6) is 0 Å². The molecular formula is C30H24N6S2. The molecule has 1 heterocycles. The zero-order valence-electron chi connectivity index (χ0n) is 20.6. The van der Waals surface area contributed by atoms with Gasteiger partial charge in [-0.05, 0) is 60.0 Å². The van der Waals surface area contributed by atoms with Gasteiger partial charge in [0.05, 0.1) is 17.6 Å². The van der Waals surface area contributed by atoms with Gasteiger partial charge in [-0.3, -0.25) is 4.90 Å². The Balaban J connectivity index is 1.60. The van der Waals surface area contributed by atoms with Crippen molar-refractivity contribution in [3.8, 4) is 0 Å². The highest BCUT2D eigenvalue weighted by atomic mass is 32.2. The highest BCUT2D eigenvalue weighted by Crippen LogP contribution is 2.33. The van der Waals surface area contributed by atoms with Gasteiger partial charge in [0, 0.05) is 5.69 Å². The number of amidine groups is 3. The van der Waals surface area contributed by atoms with E-state index in [-0.39, 0.29) is 0 Å². The Kier molecular flexibility index (Phi) is 8.55. The minimum atomic E-state index is 0.528. The van der Waals surface area contributed by atoms with Crippen molar-refractivity contribution >= 4 is 68.0 Å².